The van der Waals surface area contributed by atoms with E-state index in [1.807, 2.05) is 0 Å². The van der Waals surface area contributed by atoms with Crippen molar-refractivity contribution < 1.29 is 0 Å². The van der Waals surface area contributed by atoms with Crippen molar-refractivity contribution in [3.8, 4) is 0 Å². The van der Waals surface area contributed by atoms with Crippen molar-refractivity contribution in [2.24, 2.45) is 0 Å². The molecule has 0 spiro atoms. The molecule has 0 aliphatic carbocycles. The first-order chi connectivity index (χ1) is 5.55. The molecule has 0 aromatic heterocycles. The summed E-state index contributed by atoms with van der Waals surface area (Å²) in [6, 6.07) is 0. The van der Waals surface area contributed by atoms with Gasteiger partial charge in [-0.3, -0.25) is 0 Å². The Morgan fingerprint density at radius 1 is 0.692 bits per heavy atom. The summed E-state index contributed by atoms with van der Waals surface area (Å²) in [4.78, 5) is 0. The van der Waals surface area contributed by atoms with Gasteiger partial charge in [0.2, 0.25) is 0 Å². The molecule has 0 aromatic rings. The first-order valence-corrected chi connectivity index (χ1v) is 9.62. The minimum Gasteiger partial charge on any atom is -0.0260 e. The molecular formula is C11H28P2+2. The van der Waals surface area contributed by atoms with Gasteiger partial charge in [-0.1, -0.05) is 0 Å². The first-order valence-electron chi connectivity index (χ1n) is 5.21. The Hall–Kier alpha value is 0.860. The van der Waals surface area contributed by atoms with E-state index < -0.39 is 0 Å². The topological polar surface area (TPSA) is 0 Å². The van der Waals surface area contributed by atoms with Crippen molar-refractivity contribution in [3.05, 3.63) is 0 Å². The molecule has 0 saturated heterocycles. The van der Waals surface area contributed by atoms with E-state index in [-0.39, 0.29) is 15.8 Å². The van der Waals surface area contributed by atoms with E-state index in [2.05, 4.69) is 54.9 Å². The van der Waals surface area contributed by atoms with E-state index in [1.54, 1.807) is 5.90 Å². The summed E-state index contributed by atoms with van der Waals surface area (Å²) < 4.78 is 0. The highest BCUT2D eigenvalue weighted by Crippen LogP contribution is 2.59. The zero-order chi connectivity index (χ0) is 10.9. The second kappa shape index (κ2) is 4.59. The molecule has 0 aliphatic rings. The maximum atomic E-state index is 2.50. The number of hydrogen-bond acceptors (Lipinski definition) is 0. The van der Waals surface area contributed by atoms with Crippen LogP contribution >= 0.6 is 15.8 Å². The van der Waals surface area contributed by atoms with Gasteiger partial charge in [-0.15, -0.1) is 0 Å². The molecule has 0 heterocycles. The van der Waals surface area contributed by atoms with Gasteiger partial charge in [0.25, 0.3) is 0 Å². The predicted octanol–water partition coefficient (Wildman–Crippen LogP) is 4.23. The van der Waals surface area contributed by atoms with Crippen molar-refractivity contribution in [1.82, 2.24) is 0 Å². The molecule has 0 nitrogen and oxygen atoms in total. The molecule has 80 valence electrons. The Balaban J connectivity index is 4.15. The summed E-state index contributed by atoms with van der Waals surface area (Å²) in [7, 11) is -0.283. The smallest absolute Gasteiger partial charge is 0.0260 e. The van der Waals surface area contributed by atoms with E-state index in [9.17, 15) is 0 Å². The summed E-state index contributed by atoms with van der Waals surface area (Å²) >= 11 is 0. The second-order valence-corrected chi connectivity index (χ2v) is 13.8. The molecule has 0 bridgehead atoms. The maximum absolute atomic E-state index is 2.50. The number of rotatable bonds is 2. The fourth-order valence-corrected chi connectivity index (χ4v) is 8.35. The predicted molar refractivity (Wildman–Crippen MR) is 72.9 cm³/mol. The molecule has 0 fully saturated rings. The third-order valence-corrected chi connectivity index (χ3v) is 12.5. The molecule has 13 heavy (non-hydrogen) atoms. The largest absolute Gasteiger partial charge is 0.155 e. The van der Waals surface area contributed by atoms with E-state index >= 15 is 0 Å². The van der Waals surface area contributed by atoms with Gasteiger partial charge in [-0.05, 0) is 41.5 Å². The van der Waals surface area contributed by atoms with Crippen LogP contribution in [-0.2, 0) is 0 Å². The SMILES string of the molecule is C[PH+](C[PH+](C)C(C)(C)C)C(C)(C)C. The van der Waals surface area contributed by atoms with Gasteiger partial charge < -0.3 is 0 Å². The van der Waals surface area contributed by atoms with Crippen molar-refractivity contribution in [2.75, 3.05) is 19.2 Å². The fourth-order valence-electron chi connectivity index (χ4n) is 0.928. The summed E-state index contributed by atoms with van der Waals surface area (Å²) in [5.41, 5.74) is 0. The van der Waals surface area contributed by atoms with Crippen LogP contribution in [0.5, 0.6) is 0 Å². The van der Waals surface area contributed by atoms with Crippen molar-refractivity contribution >= 4 is 15.8 Å². The summed E-state index contributed by atoms with van der Waals surface area (Å²) in [6.45, 7) is 19.4. The van der Waals surface area contributed by atoms with Crippen molar-refractivity contribution in [1.29, 1.82) is 0 Å². The molecule has 0 saturated carbocycles. The molecule has 0 aliphatic heterocycles. The first kappa shape index (κ1) is 13.9. The quantitative estimate of drug-likeness (QED) is 0.613. The minimum atomic E-state index is -0.141. The van der Waals surface area contributed by atoms with Crippen LogP contribution in [0.1, 0.15) is 41.5 Å². The normalized spacial score (nSPS) is 18.5. The minimum absolute atomic E-state index is 0.141. The van der Waals surface area contributed by atoms with Gasteiger partial charge in [-0.2, -0.15) is 0 Å². The third-order valence-electron chi connectivity index (χ3n) is 3.09. The third kappa shape index (κ3) is 5.34. The van der Waals surface area contributed by atoms with Crippen molar-refractivity contribution in [3.63, 3.8) is 0 Å². The van der Waals surface area contributed by atoms with Gasteiger partial charge in [0.15, 0.2) is 5.90 Å². The lowest BCUT2D eigenvalue weighted by Gasteiger charge is -2.25. The molecule has 0 N–H and O–H groups in total. The van der Waals surface area contributed by atoms with Crippen LogP contribution in [0.3, 0.4) is 0 Å². The second-order valence-electron chi connectivity index (χ2n) is 6.24. The maximum Gasteiger partial charge on any atom is 0.155 e. The molecule has 2 atom stereocenters. The van der Waals surface area contributed by atoms with Crippen LogP contribution in [0.2, 0.25) is 0 Å². The lowest BCUT2D eigenvalue weighted by molar-refractivity contribution is 0.778. The van der Waals surface area contributed by atoms with Gasteiger partial charge in [0, 0.05) is 15.8 Å². The van der Waals surface area contributed by atoms with Crippen molar-refractivity contribution in [2.45, 2.75) is 51.9 Å². The van der Waals surface area contributed by atoms with Crippen LogP contribution in [-0.4, -0.2) is 29.5 Å². The van der Waals surface area contributed by atoms with Gasteiger partial charge in [0.1, 0.15) is 0 Å². The average molecular weight is 222 g/mol. The molecule has 0 rings (SSSR count). The summed E-state index contributed by atoms with van der Waals surface area (Å²) in [5, 5.41) is 1.17. The van der Waals surface area contributed by atoms with Crippen LogP contribution in [0.15, 0.2) is 0 Å². The van der Waals surface area contributed by atoms with Crippen LogP contribution in [0, 0.1) is 0 Å². The highest BCUT2D eigenvalue weighted by Gasteiger charge is 2.36. The highest BCUT2D eigenvalue weighted by atomic mass is 31.2. The molecular weight excluding hydrogens is 194 g/mol. The standard InChI is InChI=1S/C11H26P2/c1-10(2,3)12(7)9-13(8)11(4,5)6/h9H2,1-8H3/p+2. The van der Waals surface area contributed by atoms with E-state index in [0.717, 1.165) is 0 Å². The Morgan fingerprint density at radius 3 is 1.08 bits per heavy atom. The van der Waals surface area contributed by atoms with E-state index in [0.29, 0.717) is 10.3 Å². The monoisotopic (exact) mass is 222 g/mol. The lowest BCUT2D eigenvalue weighted by atomic mass is 10.3. The Labute approximate surface area is 87.4 Å². The zero-order valence-corrected chi connectivity index (χ0v) is 12.7. The summed E-state index contributed by atoms with van der Waals surface area (Å²) in [6.07, 6.45) is 0. The molecule has 2 unspecified atom stereocenters. The average Bonchev–Trinajstić information content (AvgIpc) is 1.82. The van der Waals surface area contributed by atoms with Gasteiger partial charge >= 0.3 is 0 Å². The Morgan fingerprint density at radius 2 is 0.923 bits per heavy atom. The Kier molecular flexibility index (Phi) is 4.89. The van der Waals surface area contributed by atoms with Gasteiger partial charge in [-0.25, -0.2) is 0 Å². The molecule has 0 aromatic carbocycles. The fraction of sp³-hybridized carbons (Fsp3) is 1.00. The number of hydrogen-bond donors (Lipinski definition) is 0. The van der Waals surface area contributed by atoms with Crippen LogP contribution in [0.4, 0.5) is 0 Å². The molecule has 2 heteroatoms. The van der Waals surface area contributed by atoms with E-state index in [4.69, 9.17) is 0 Å². The zero-order valence-electron chi connectivity index (χ0n) is 10.7. The molecule has 0 radical (unpaired) electrons. The van der Waals surface area contributed by atoms with Gasteiger partial charge in [0.05, 0.1) is 23.6 Å². The van der Waals surface area contributed by atoms with E-state index in [1.165, 1.54) is 0 Å². The van der Waals surface area contributed by atoms with Crippen LogP contribution < -0.4 is 0 Å². The summed E-state index contributed by atoms with van der Waals surface area (Å²) in [5.74, 6) is 1.54. The lowest BCUT2D eigenvalue weighted by Crippen LogP contribution is -2.17. The highest BCUT2D eigenvalue weighted by molar-refractivity contribution is 7.75. The Bertz CT molecular complexity index is 132. The molecule has 0 amide bonds. The van der Waals surface area contributed by atoms with Crippen LogP contribution in [0.25, 0.3) is 0 Å².